The van der Waals surface area contributed by atoms with Crippen molar-refractivity contribution in [3.63, 3.8) is 0 Å². The molecule has 0 bridgehead atoms. The van der Waals surface area contributed by atoms with Crippen molar-refractivity contribution < 1.29 is 18.3 Å². The van der Waals surface area contributed by atoms with Crippen LogP contribution in [0.3, 0.4) is 0 Å². The molecule has 2 heterocycles. The zero-order chi connectivity index (χ0) is 22.6. The van der Waals surface area contributed by atoms with E-state index in [1.165, 1.54) is 18.2 Å². The van der Waals surface area contributed by atoms with E-state index in [-0.39, 0.29) is 30.3 Å². The van der Waals surface area contributed by atoms with Crippen LogP contribution >= 0.6 is 11.6 Å². The summed E-state index contributed by atoms with van der Waals surface area (Å²) in [6, 6.07) is 13.5. The van der Waals surface area contributed by atoms with Crippen LogP contribution in [0.2, 0.25) is 5.02 Å². The Morgan fingerprint density at radius 1 is 1.19 bits per heavy atom. The van der Waals surface area contributed by atoms with Crippen LogP contribution in [-0.2, 0) is 0 Å². The lowest BCUT2D eigenvalue weighted by atomic mass is 9.93. The number of benzene rings is 2. The maximum Gasteiger partial charge on any atom is 0.253 e. The number of nitrogens with zero attached hydrogens (tertiary/aromatic N) is 2. The summed E-state index contributed by atoms with van der Waals surface area (Å²) in [5, 5.41) is 4.03. The lowest BCUT2D eigenvalue weighted by molar-refractivity contribution is 0.0433. The van der Waals surface area contributed by atoms with Gasteiger partial charge < -0.3 is 15.0 Å². The van der Waals surface area contributed by atoms with E-state index < -0.39 is 11.5 Å². The molecule has 0 saturated carbocycles. The van der Waals surface area contributed by atoms with Crippen molar-refractivity contribution in [2.24, 2.45) is 0 Å². The van der Waals surface area contributed by atoms with Crippen LogP contribution in [0.15, 0.2) is 54.7 Å². The maximum atomic E-state index is 15.2. The summed E-state index contributed by atoms with van der Waals surface area (Å²) in [4.78, 5) is 18.5. The smallest absolute Gasteiger partial charge is 0.253 e. The molecular formula is C24H24ClF2N3O2. The number of halogens is 3. The quantitative estimate of drug-likeness (QED) is 0.523. The van der Waals surface area contributed by atoms with Gasteiger partial charge in [-0.1, -0.05) is 29.8 Å². The van der Waals surface area contributed by atoms with Gasteiger partial charge in [0.05, 0.1) is 5.02 Å². The lowest BCUT2D eigenvalue weighted by Gasteiger charge is -2.36. The molecule has 1 amide bonds. The molecule has 3 aromatic rings. The topological polar surface area (TPSA) is 54.5 Å². The van der Waals surface area contributed by atoms with Gasteiger partial charge in [-0.05, 0) is 30.3 Å². The Kier molecular flexibility index (Phi) is 6.86. The predicted octanol–water partition coefficient (Wildman–Crippen LogP) is 4.64. The van der Waals surface area contributed by atoms with E-state index in [4.69, 9.17) is 16.3 Å². The number of para-hydroxylation sites is 1. The number of alkyl halides is 1. The molecule has 2 aromatic carbocycles. The second kappa shape index (κ2) is 9.79. The zero-order valence-corrected chi connectivity index (χ0v) is 18.2. The number of likely N-dealkylation sites (tertiary alicyclic amines) is 1. The third-order valence-corrected chi connectivity index (χ3v) is 5.98. The van der Waals surface area contributed by atoms with E-state index in [9.17, 15) is 9.18 Å². The maximum absolute atomic E-state index is 15.2. The molecule has 1 fully saturated rings. The molecule has 1 aromatic heterocycles. The Hall–Kier alpha value is -2.77. The van der Waals surface area contributed by atoms with Gasteiger partial charge >= 0.3 is 0 Å². The number of piperidine rings is 1. The summed E-state index contributed by atoms with van der Waals surface area (Å²) in [6.07, 6.45) is 2.19. The van der Waals surface area contributed by atoms with Crippen LogP contribution in [0.5, 0.6) is 5.75 Å². The molecule has 4 rings (SSSR count). The van der Waals surface area contributed by atoms with Gasteiger partial charge in [-0.15, -0.1) is 0 Å². The third-order valence-electron chi connectivity index (χ3n) is 5.69. The van der Waals surface area contributed by atoms with Crippen molar-refractivity contribution in [3.05, 3.63) is 71.1 Å². The van der Waals surface area contributed by atoms with Crippen molar-refractivity contribution in [2.45, 2.75) is 18.5 Å². The van der Waals surface area contributed by atoms with Crippen LogP contribution in [0.4, 0.5) is 8.78 Å². The summed E-state index contributed by atoms with van der Waals surface area (Å²) < 4.78 is 34.3. The van der Waals surface area contributed by atoms with Crippen LogP contribution in [-0.4, -0.2) is 54.2 Å². The SMILES string of the molecule is O=C(c1ccc(F)c(Cl)c1)N1CCC(F)(CNCCOc2cccc3cccnc23)CC1. The number of aromatic nitrogens is 1. The van der Waals surface area contributed by atoms with Crippen molar-refractivity contribution in [1.29, 1.82) is 0 Å². The van der Waals surface area contributed by atoms with Crippen molar-refractivity contribution in [1.82, 2.24) is 15.2 Å². The normalized spacial score (nSPS) is 15.7. The number of fused-ring (bicyclic) bond motifs is 1. The molecule has 0 unspecified atom stereocenters. The van der Waals surface area contributed by atoms with Gasteiger partial charge in [0, 0.05) is 56.2 Å². The van der Waals surface area contributed by atoms with Crippen LogP contribution in [0.1, 0.15) is 23.2 Å². The largest absolute Gasteiger partial charge is 0.490 e. The highest BCUT2D eigenvalue weighted by Gasteiger charge is 2.35. The molecule has 168 valence electrons. The number of pyridine rings is 1. The fourth-order valence-electron chi connectivity index (χ4n) is 3.84. The number of hydrogen-bond donors (Lipinski definition) is 1. The Labute approximate surface area is 190 Å². The summed E-state index contributed by atoms with van der Waals surface area (Å²) >= 11 is 5.77. The molecule has 32 heavy (non-hydrogen) atoms. The Morgan fingerprint density at radius 2 is 1.97 bits per heavy atom. The molecule has 1 N–H and O–H groups in total. The van der Waals surface area contributed by atoms with Crippen molar-refractivity contribution in [3.8, 4) is 5.75 Å². The van der Waals surface area contributed by atoms with Gasteiger partial charge in [0.2, 0.25) is 0 Å². The van der Waals surface area contributed by atoms with Gasteiger partial charge in [0.25, 0.3) is 5.91 Å². The predicted molar refractivity (Wildman–Crippen MR) is 120 cm³/mol. The number of carbonyl (C=O) groups is 1. The monoisotopic (exact) mass is 459 g/mol. The molecule has 8 heteroatoms. The second-order valence-electron chi connectivity index (χ2n) is 7.93. The highest BCUT2D eigenvalue weighted by atomic mass is 35.5. The molecule has 0 radical (unpaired) electrons. The molecule has 0 aliphatic carbocycles. The van der Waals surface area contributed by atoms with E-state index in [0.29, 0.717) is 37.6 Å². The van der Waals surface area contributed by atoms with Gasteiger partial charge in [-0.3, -0.25) is 9.78 Å². The fraction of sp³-hybridized carbons (Fsp3) is 0.333. The van der Waals surface area contributed by atoms with Gasteiger partial charge in [-0.25, -0.2) is 8.78 Å². The number of hydrogen-bond acceptors (Lipinski definition) is 4. The summed E-state index contributed by atoms with van der Waals surface area (Å²) in [7, 11) is 0. The number of nitrogens with one attached hydrogen (secondary N) is 1. The fourth-order valence-corrected chi connectivity index (χ4v) is 4.02. The first-order valence-electron chi connectivity index (χ1n) is 10.6. The first kappa shape index (κ1) is 22.4. The lowest BCUT2D eigenvalue weighted by Crippen LogP contribution is -2.49. The highest BCUT2D eigenvalue weighted by Crippen LogP contribution is 2.27. The van der Waals surface area contributed by atoms with E-state index in [1.807, 2.05) is 30.3 Å². The zero-order valence-electron chi connectivity index (χ0n) is 17.5. The molecule has 5 nitrogen and oxygen atoms in total. The minimum Gasteiger partial charge on any atom is -0.490 e. The third kappa shape index (κ3) is 5.16. The first-order chi connectivity index (χ1) is 15.5. The van der Waals surface area contributed by atoms with Gasteiger partial charge in [-0.2, -0.15) is 0 Å². The van der Waals surface area contributed by atoms with E-state index >= 15 is 4.39 Å². The van der Waals surface area contributed by atoms with Crippen molar-refractivity contribution >= 4 is 28.4 Å². The van der Waals surface area contributed by atoms with Crippen LogP contribution in [0.25, 0.3) is 10.9 Å². The van der Waals surface area contributed by atoms with Gasteiger partial charge in [0.15, 0.2) is 0 Å². The summed E-state index contributed by atoms with van der Waals surface area (Å²) in [6.45, 7) is 1.66. The average molecular weight is 460 g/mol. The Morgan fingerprint density at radius 3 is 2.75 bits per heavy atom. The van der Waals surface area contributed by atoms with Gasteiger partial charge in [0.1, 0.15) is 29.4 Å². The molecule has 1 saturated heterocycles. The molecule has 0 spiro atoms. The first-order valence-corrected chi connectivity index (χ1v) is 10.9. The summed E-state index contributed by atoms with van der Waals surface area (Å²) in [5.41, 5.74) is -0.282. The highest BCUT2D eigenvalue weighted by molar-refractivity contribution is 6.31. The number of amides is 1. The molecule has 1 aliphatic heterocycles. The minimum atomic E-state index is -1.39. The standard InChI is InChI=1S/C24H24ClF2N3O2/c25-19-15-18(6-7-20(19)26)23(31)30-12-8-24(27,9-13-30)16-28-11-14-32-21-5-1-3-17-4-2-10-29-22(17)21/h1-7,10,15,28H,8-9,11-14,16H2. The second-order valence-corrected chi connectivity index (χ2v) is 8.34. The average Bonchev–Trinajstić information content (AvgIpc) is 2.81. The van der Waals surface area contributed by atoms with Crippen molar-refractivity contribution in [2.75, 3.05) is 32.8 Å². The van der Waals surface area contributed by atoms with Crippen LogP contribution < -0.4 is 10.1 Å². The van der Waals surface area contributed by atoms with E-state index in [0.717, 1.165) is 10.9 Å². The molecule has 0 atom stereocenters. The van der Waals surface area contributed by atoms with E-state index in [1.54, 1.807) is 11.1 Å². The summed E-state index contributed by atoms with van der Waals surface area (Å²) in [5.74, 6) is -0.136. The van der Waals surface area contributed by atoms with E-state index in [2.05, 4.69) is 10.3 Å². The number of rotatable bonds is 7. The Bertz CT molecular complexity index is 1100. The molecule has 1 aliphatic rings. The Balaban J connectivity index is 1.22. The number of ether oxygens (including phenoxy) is 1. The minimum absolute atomic E-state index is 0.0987. The molecular weight excluding hydrogens is 436 g/mol. The number of carbonyl (C=O) groups excluding carboxylic acids is 1. The van der Waals surface area contributed by atoms with Crippen LogP contribution in [0, 0.1) is 5.82 Å².